The van der Waals surface area contributed by atoms with Crippen LogP contribution in [0.2, 0.25) is 0 Å². The van der Waals surface area contributed by atoms with Gasteiger partial charge >= 0.3 is 0 Å². The zero-order valence-electron chi connectivity index (χ0n) is 14.2. The highest BCUT2D eigenvalue weighted by Crippen LogP contribution is 2.13. The maximum atomic E-state index is 13.3. The smallest absolute Gasteiger partial charge is 0.257 e. The number of amides is 1. The van der Waals surface area contributed by atoms with Crippen LogP contribution in [0.5, 0.6) is 0 Å². The molecule has 1 amide bonds. The molecule has 0 N–H and O–H groups in total. The first kappa shape index (κ1) is 16.6. The molecule has 1 saturated heterocycles. The zero-order valence-corrected chi connectivity index (χ0v) is 14.2. The maximum Gasteiger partial charge on any atom is 0.257 e. The van der Waals surface area contributed by atoms with E-state index in [0.717, 1.165) is 18.7 Å². The summed E-state index contributed by atoms with van der Waals surface area (Å²) >= 11 is 0. The molecule has 1 fully saturated rings. The summed E-state index contributed by atoms with van der Waals surface area (Å²) in [6.45, 7) is 7.73. The Labute approximate surface area is 141 Å². The largest absolute Gasteiger partial charge is 0.336 e. The minimum atomic E-state index is -0.205. The van der Waals surface area contributed by atoms with Gasteiger partial charge in [-0.1, -0.05) is 12.1 Å². The van der Waals surface area contributed by atoms with Crippen LogP contribution in [-0.4, -0.2) is 51.7 Å². The summed E-state index contributed by atoms with van der Waals surface area (Å²) in [5.74, 6) is -0.171. The molecule has 2 aromatic rings. The van der Waals surface area contributed by atoms with Gasteiger partial charge in [0.25, 0.3) is 5.91 Å². The Bertz CT molecular complexity index is 705. The number of rotatable bonds is 4. The summed E-state index contributed by atoms with van der Waals surface area (Å²) in [4.78, 5) is 16.7. The predicted molar refractivity (Wildman–Crippen MR) is 90.2 cm³/mol. The van der Waals surface area contributed by atoms with E-state index in [9.17, 15) is 9.18 Å². The standard InChI is InChI=1S/C18H23FN4O/c1-14(2)23-13-16(11-20-23)18(24)22-8-6-21(7-9-22)12-15-4-3-5-17(19)10-15/h3-5,10-11,13-14H,6-9,12H2,1-2H3. The average molecular weight is 330 g/mol. The van der Waals surface area contributed by atoms with Gasteiger partial charge in [0.2, 0.25) is 0 Å². The Morgan fingerprint density at radius 3 is 2.62 bits per heavy atom. The molecular formula is C18H23FN4O. The average Bonchev–Trinajstić information content (AvgIpc) is 3.05. The van der Waals surface area contributed by atoms with Crippen LogP contribution in [0.3, 0.4) is 0 Å². The molecule has 1 aliphatic heterocycles. The number of hydrogen-bond acceptors (Lipinski definition) is 3. The number of piperazine rings is 1. The van der Waals surface area contributed by atoms with Gasteiger partial charge in [-0.25, -0.2) is 4.39 Å². The van der Waals surface area contributed by atoms with Crippen molar-refractivity contribution in [2.24, 2.45) is 0 Å². The van der Waals surface area contributed by atoms with Crippen molar-refractivity contribution in [3.05, 3.63) is 53.6 Å². The Balaban J connectivity index is 1.55. The molecule has 1 aromatic carbocycles. The molecule has 0 spiro atoms. The third-order valence-corrected chi connectivity index (χ3v) is 4.33. The zero-order chi connectivity index (χ0) is 17.1. The second-order valence-corrected chi connectivity index (χ2v) is 6.50. The lowest BCUT2D eigenvalue weighted by Crippen LogP contribution is -2.48. The molecule has 0 saturated carbocycles. The van der Waals surface area contributed by atoms with Gasteiger partial charge in [-0.3, -0.25) is 14.4 Å². The van der Waals surface area contributed by atoms with Crippen molar-refractivity contribution in [2.45, 2.75) is 26.4 Å². The van der Waals surface area contributed by atoms with Crippen molar-refractivity contribution < 1.29 is 9.18 Å². The van der Waals surface area contributed by atoms with Crippen LogP contribution in [0, 0.1) is 5.82 Å². The molecule has 2 heterocycles. The van der Waals surface area contributed by atoms with E-state index >= 15 is 0 Å². The number of hydrogen-bond donors (Lipinski definition) is 0. The maximum absolute atomic E-state index is 13.3. The fourth-order valence-electron chi connectivity index (χ4n) is 2.92. The van der Waals surface area contributed by atoms with Gasteiger partial charge in [0, 0.05) is 45.0 Å². The minimum absolute atomic E-state index is 0.0345. The highest BCUT2D eigenvalue weighted by atomic mass is 19.1. The van der Waals surface area contributed by atoms with E-state index in [1.807, 2.05) is 31.0 Å². The summed E-state index contributed by atoms with van der Waals surface area (Å²) in [6.07, 6.45) is 3.45. The second-order valence-electron chi connectivity index (χ2n) is 6.50. The van der Waals surface area contributed by atoms with Crippen LogP contribution in [0.25, 0.3) is 0 Å². The Kier molecular flexibility index (Phi) is 4.94. The van der Waals surface area contributed by atoms with Gasteiger partial charge in [0.1, 0.15) is 5.82 Å². The number of nitrogens with zero attached hydrogens (tertiary/aromatic N) is 4. The van der Waals surface area contributed by atoms with Crippen LogP contribution in [0.15, 0.2) is 36.7 Å². The molecule has 24 heavy (non-hydrogen) atoms. The van der Waals surface area contributed by atoms with Crippen molar-refractivity contribution in [3.63, 3.8) is 0 Å². The predicted octanol–water partition coefficient (Wildman–Crippen LogP) is 2.56. The molecule has 128 valence electrons. The van der Waals surface area contributed by atoms with E-state index in [1.165, 1.54) is 6.07 Å². The Hall–Kier alpha value is -2.21. The monoisotopic (exact) mass is 330 g/mol. The van der Waals surface area contributed by atoms with Gasteiger partial charge in [0.15, 0.2) is 0 Å². The normalized spacial score (nSPS) is 15.9. The quantitative estimate of drug-likeness (QED) is 0.865. The molecule has 0 aliphatic carbocycles. The highest BCUT2D eigenvalue weighted by Gasteiger charge is 2.23. The van der Waals surface area contributed by atoms with Crippen molar-refractivity contribution in [1.82, 2.24) is 19.6 Å². The summed E-state index contributed by atoms with van der Waals surface area (Å²) in [6, 6.07) is 6.93. The number of carbonyl (C=O) groups is 1. The minimum Gasteiger partial charge on any atom is -0.336 e. The van der Waals surface area contributed by atoms with Gasteiger partial charge in [-0.2, -0.15) is 5.10 Å². The number of benzene rings is 1. The van der Waals surface area contributed by atoms with Gasteiger partial charge < -0.3 is 4.90 Å². The van der Waals surface area contributed by atoms with E-state index in [-0.39, 0.29) is 17.8 Å². The number of aromatic nitrogens is 2. The lowest BCUT2D eigenvalue weighted by Gasteiger charge is -2.34. The fourth-order valence-corrected chi connectivity index (χ4v) is 2.92. The summed E-state index contributed by atoms with van der Waals surface area (Å²) in [5, 5.41) is 4.23. The van der Waals surface area contributed by atoms with Crippen molar-refractivity contribution >= 4 is 5.91 Å². The molecule has 0 atom stereocenters. The van der Waals surface area contributed by atoms with Crippen molar-refractivity contribution in [1.29, 1.82) is 0 Å². The molecule has 5 nitrogen and oxygen atoms in total. The summed E-state index contributed by atoms with van der Waals surface area (Å²) in [7, 11) is 0. The van der Waals surface area contributed by atoms with Gasteiger partial charge in [0.05, 0.1) is 11.8 Å². The molecule has 1 aromatic heterocycles. The number of halogens is 1. The van der Waals surface area contributed by atoms with E-state index < -0.39 is 0 Å². The van der Waals surface area contributed by atoms with Crippen molar-refractivity contribution in [2.75, 3.05) is 26.2 Å². The van der Waals surface area contributed by atoms with Gasteiger partial charge in [-0.05, 0) is 31.5 Å². The van der Waals surface area contributed by atoms with Crippen molar-refractivity contribution in [3.8, 4) is 0 Å². The van der Waals surface area contributed by atoms with Crippen LogP contribution in [-0.2, 0) is 6.54 Å². The van der Waals surface area contributed by atoms with Crippen LogP contribution < -0.4 is 0 Å². The van der Waals surface area contributed by atoms with E-state index in [0.29, 0.717) is 25.2 Å². The molecule has 0 unspecified atom stereocenters. The molecule has 1 aliphatic rings. The molecule has 0 bridgehead atoms. The molecule has 6 heteroatoms. The van der Waals surface area contributed by atoms with Crippen LogP contribution in [0.4, 0.5) is 4.39 Å². The summed E-state index contributed by atoms with van der Waals surface area (Å²) < 4.78 is 15.1. The molecular weight excluding hydrogens is 307 g/mol. The topological polar surface area (TPSA) is 41.4 Å². The SMILES string of the molecule is CC(C)n1cc(C(=O)N2CCN(Cc3cccc(F)c3)CC2)cn1. The second kappa shape index (κ2) is 7.13. The van der Waals surface area contributed by atoms with Crippen LogP contribution in [0.1, 0.15) is 35.8 Å². The molecule has 0 radical (unpaired) electrons. The first-order valence-electron chi connectivity index (χ1n) is 8.33. The Morgan fingerprint density at radius 2 is 2.00 bits per heavy atom. The molecule has 3 rings (SSSR count). The lowest BCUT2D eigenvalue weighted by atomic mass is 10.2. The van der Waals surface area contributed by atoms with Gasteiger partial charge in [-0.15, -0.1) is 0 Å². The van der Waals surface area contributed by atoms with E-state index in [2.05, 4.69) is 10.00 Å². The lowest BCUT2D eigenvalue weighted by molar-refractivity contribution is 0.0628. The third-order valence-electron chi connectivity index (χ3n) is 4.33. The van der Waals surface area contributed by atoms with E-state index in [4.69, 9.17) is 0 Å². The first-order chi connectivity index (χ1) is 11.5. The summed E-state index contributed by atoms with van der Waals surface area (Å²) in [5.41, 5.74) is 1.61. The third kappa shape index (κ3) is 3.82. The first-order valence-corrected chi connectivity index (χ1v) is 8.33. The number of carbonyl (C=O) groups excluding carboxylic acids is 1. The Morgan fingerprint density at radius 1 is 1.25 bits per heavy atom. The van der Waals surface area contributed by atoms with E-state index in [1.54, 1.807) is 23.0 Å². The fraction of sp³-hybridized carbons (Fsp3) is 0.444. The van der Waals surface area contributed by atoms with Crippen LogP contribution >= 0.6 is 0 Å². The highest BCUT2D eigenvalue weighted by molar-refractivity contribution is 5.93.